The molecule has 5 heteroatoms. The Morgan fingerprint density at radius 3 is 3.00 bits per heavy atom. The van der Waals surface area contributed by atoms with Crippen LogP contribution in [0.25, 0.3) is 10.9 Å². The third-order valence-electron chi connectivity index (χ3n) is 4.31. The lowest BCUT2D eigenvalue weighted by atomic mass is 9.86. The first-order valence-electron chi connectivity index (χ1n) is 7.14. The van der Waals surface area contributed by atoms with E-state index in [0.29, 0.717) is 13.0 Å². The van der Waals surface area contributed by atoms with E-state index in [1.165, 1.54) is 0 Å². The van der Waals surface area contributed by atoms with Crippen molar-refractivity contribution < 1.29 is 19.4 Å². The molecule has 0 amide bonds. The van der Waals surface area contributed by atoms with Crippen molar-refractivity contribution >= 4 is 16.9 Å². The van der Waals surface area contributed by atoms with Crippen molar-refractivity contribution in [3.8, 4) is 5.75 Å². The minimum atomic E-state index is -0.846. The largest absolute Gasteiger partial charge is 0.497 e. The van der Waals surface area contributed by atoms with E-state index in [0.717, 1.165) is 34.3 Å². The van der Waals surface area contributed by atoms with Gasteiger partial charge in [0.05, 0.1) is 25.8 Å². The standard InChI is InChI=1S/C16H19NO4/c1-3-16(9-14(18)19)15-11(6-7-21-16)12-8-10(20-2)4-5-13(12)17-15/h4-5,8,17H,3,6-7,9H2,1-2H3,(H,18,19). The van der Waals surface area contributed by atoms with E-state index in [1.807, 2.05) is 25.1 Å². The predicted molar refractivity (Wildman–Crippen MR) is 78.7 cm³/mol. The molecule has 1 unspecified atom stereocenters. The topological polar surface area (TPSA) is 71.5 Å². The summed E-state index contributed by atoms with van der Waals surface area (Å²) in [6, 6.07) is 5.86. The minimum Gasteiger partial charge on any atom is -0.497 e. The maximum atomic E-state index is 11.2. The number of aliphatic carboxylic acids is 1. The Morgan fingerprint density at radius 2 is 2.33 bits per heavy atom. The Hall–Kier alpha value is -2.01. The van der Waals surface area contributed by atoms with Crippen LogP contribution in [0.4, 0.5) is 0 Å². The van der Waals surface area contributed by atoms with Crippen LogP contribution in [0.2, 0.25) is 0 Å². The average Bonchev–Trinajstić information content (AvgIpc) is 2.86. The maximum Gasteiger partial charge on any atom is 0.306 e. The lowest BCUT2D eigenvalue weighted by Crippen LogP contribution is -2.37. The molecular weight excluding hydrogens is 270 g/mol. The van der Waals surface area contributed by atoms with Gasteiger partial charge in [0.15, 0.2) is 0 Å². The van der Waals surface area contributed by atoms with E-state index in [-0.39, 0.29) is 6.42 Å². The highest BCUT2D eigenvalue weighted by atomic mass is 16.5. The summed E-state index contributed by atoms with van der Waals surface area (Å²) in [5.41, 5.74) is 2.29. The van der Waals surface area contributed by atoms with Gasteiger partial charge in [0, 0.05) is 10.9 Å². The van der Waals surface area contributed by atoms with Gasteiger partial charge in [-0.15, -0.1) is 0 Å². The van der Waals surface area contributed by atoms with Crippen LogP contribution in [0, 0.1) is 0 Å². The first kappa shape index (κ1) is 13.9. The first-order chi connectivity index (χ1) is 10.1. The Balaban J connectivity index is 2.19. The molecule has 3 rings (SSSR count). The Bertz CT molecular complexity index is 691. The minimum absolute atomic E-state index is 0.0273. The van der Waals surface area contributed by atoms with Gasteiger partial charge in [0.2, 0.25) is 0 Å². The number of nitrogens with one attached hydrogen (secondary N) is 1. The second kappa shape index (κ2) is 5.07. The number of carboxylic acid groups (broad SMARTS) is 1. The quantitative estimate of drug-likeness (QED) is 0.908. The fraction of sp³-hybridized carbons (Fsp3) is 0.438. The van der Waals surface area contributed by atoms with Crippen LogP contribution in [-0.4, -0.2) is 29.8 Å². The zero-order valence-corrected chi connectivity index (χ0v) is 12.2. The fourth-order valence-electron chi connectivity index (χ4n) is 3.21. The van der Waals surface area contributed by atoms with Crippen molar-refractivity contribution in [1.29, 1.82) is 0 Å². The van der Waals surface area contributed by atoms with E-state index in [1.54, 1.807) is 7.11 Å². The number of fused-ring (bicyclic) bond motifs is 3. The molecule has 2 heterocycles. The van der Waals surface area contributed by atoms with Gasteiger partial charge in [-0.25, -0.2) is 0 Å². The van der Waals surface area contributed by atoms with Crippen molar-refractivity contribution in [2.24, 2.45) is 0 Å². The summed E-state index contributed by atoms with van der Waals surface area (Å²) in [5.74, 6) is -0.0444. The van der Waals surface area contributed by atoms with Crippen molar-refractivity contribution in [2.45, 2.75) is 31.8 Å². The number of benzene rings is 1. The van der Waals surface area contributed by atoms with E-state index in [9.17, 15) is 9.90 Å². The lowest BCUT2D eigenvalue weighted by Gasteiger charge is -2.35. The number of carboxylic acids is 1. The van der Waals surface area contributed by atoms with Crippen LogP contribution in [0.1, 0.15) is 31.0 Å². The van der Waals surface area contributed by atoms with Crippen LogP contribution >= 0.6 is 0 Å². The van der Waals surface area contributed by atoms with Gasteiger partial charge in [-0.05, 0) is 36.6 Å². The lowest BCUT2D eigenvalue weighted by molar-refractivity contribution is -0.148. The molecule has 0 fully saturated rings. The fourth-order valence-corrected chi connectivity index (χ4v) is 3.21. The highest BCUT2D eigenvalue weighted by molar-refractivity contribution is 5.87. The van der Waals surface area contributed by atoms with Crippen LogP contribution in [0.5, 0.6) is 5.75 Å². The SMILES string of the molecule is CCC1(CC(=O)O)OCCc2c1[nH]c1ccc(OC)cc21. The van der Waals surface area contributed by atoms with Gasteiger partial charge in [-0.2, -0.15) is 0 Å². The summed E-state index contributed by atoms with van der Waals surface area (Å²) in [7, 11) is 1.64. The Morgan fingerprint density at radius 1 is 1.52 bits per heavy atom. The summed E-state index contributed by atoms with van der Waals surface area (Å²) < 4.78 is 11.2. The molecule has 0 saturated carbocycles. The van der Waals surface area contributed by atoms with Crippen molar-refractivity contribution in [3.05, 3.63) is 29.5 Å². The summed E-state index contributed by atoms with van der Waals surface area (Å²) in [6.45, 7) is 2.50. The summed E-state index contributed by atoms with van der Waals surface area (Å²) in [6.07, 6.45) is 1.38. The number of aromatic nitrogens is 1. The normalized spacial score (nSPS) is 21.2. The summed E-state index contributed by atoms with van der Waals surface area (Å²) in [5, 5.41) is 10.3. The second-order valence-corrected chi connectivity index (χ2v) is 5.41. The van der Waals surface area contributed by atoms with Gasteiger partial charge in [-0.1, -0.05) is 6.92 Å². The number of aromatic amines is 1. The van der Waals surface area contributed by atoms with Gasteiger partial charge in [0.25, 0.3) is 0 Å². The number of hydrogen-bond acceptors (Lipinski definition) is 3. The molecule has 21 heavy (non-hydrogen) atoms. The molecule has 2 aromatic rings. The summed E-state index contributed by atoms with van der Waals surface area (Å²) >= 11 is 0. The molecule has 5 nitrogen and oxygen atoms in total. The van der Waals surface area contributed by atoms with Gasteiger partial charge in [-0.3, -0.25) is 4.79 Å². The van der Waals surface area contributed by atoms with Gasteiger partial charge < -0.3 is 19.6 Å². The molecule has 1 aromatic heterocycles. The van der Waals surface area contributed by atoms with Gasteiger partial charge >= 0.3 is 5.97 Å². The summed E-state index contributed by atoms with van der Waals surface area (Å²) in [4.78, 5) is 14.6. The third kappa shape index (κ3) is 2.17. The Labute approximate surface area is 122 Å². The number of ether oxygens (including phenoxy) is 2. The number of methoxy groups -OCH3 is 1. The average molecular weight is 289 g/mol. The van der Waals surface area contributed by atoms with Crippen molar-refractivity contribution in [2.75, 3.05) is 13.7 Å². The van der Waals surface area contributed by atoms with Gasteiger partial charge in [0.1, 0.15) is 11.4 Å². The van der Waals surface area contributed by atoms with Crippen LogP contribution in [-0.2, 0) is 21.6 Å². The van der Waals surface area contributed by atoms with Crippen molar-refractivity contribution in [3.63, 3.8) is 0 Å². The molecule has 112 valence electrons. The van der Waals surface area contributed by atoms with Crippen LogP contribution < -0.4 is 4.74 Å². The number of rotatable bonds is 4. The van der Waals surface area contributed by atoms with E-state index < -0.39 is 11.6 Å². The molecule has 0 radical (unpaired) electrons. The molecular formula is C16H19NO4. The predicted octanol–water partition coefficient (Wildman–Crippen LogP) is 2.83. The molecule has 1 atom stereocenters. The zero-order chi connectivity index (χ0) is 15.0. The molecule has 0 bridgehead atoms. The highest BCUT2D eigenvalue weighted by Gasteiger charge is 2.40. The zero-order valence-electron chi connectivity index (χ0n) is 12.2. The molecule has 0 saturated heterocycles. The van der Waals surface area contributed by atoms with E-state index in [2.05, 4.69) is 4.98 Å². The third-order valence-corrected chi connectivity index (χ3v) is 4.31. The maximum absolute atomic E-state index is 11.2. The number of carbonyl (C=O) groups is 1. The van der Waals surface area contributed by atoms with Crippen LogP contribution in [0.3, 0.4) is 0 Å². The van der Waals surface area contributed by atoms with Crippen LogP contribution in [0.15, 0.2) is 18.2 Å². The number of H-pyrrole nitrogens is 1. The molecule has 1 aromatic carbocycles. The number of hydrogen-bond donors (Lipinski definition) is 2. The van der Waals surface area contributed by atoms with E-state index in [4.69, 9.17) is 9.47 Å². The smallest absolute Gasteiger partial charge is 0.306 e. The molecule has 1 aliphatic rings. The second-order valence-electron chi connectivity index (χ2n) is 5.41. The molecule has 0 aliphatic carbocycles. The molecule has 2 N–H and O–H groups in total. The van der Waals surface area contributed by atoms with Crippen molar-refractivity contribution in [1.82, 2.24) is 4.98 Å². The highest BCUT2D eigenvalue weighted by Crippen LogP contribution is 2.42. The van der Waals surface area contributed by atoms with E-state index >= 15 is 0 Å². The molecule has 0 spiro atoms. The Kier molecular flexibility index (Phi) is 3.37. The monoisotopic (exact) mass is 289 g/mol. The molecule has 1 aliphatic heterocycles. The first-order valence-corrected chi connectivity index (χ1v) is 7.14.